The molecule has 0 spiro atoms. The van der Waals surface area contributed by atoms with E-state index in [4.69, 9.17) is 25.1 Å². The largest absolute Gasteiger partial charge is 0.494 e. The fourth-order valence-corrected chi connectivity index (χ4v) is 4.64. The van der Waals surface area contributed by atoms with Crippen molar-refractivity contribution in [2.75, 3.05) is 13.2 Å². The Kier molecular flexibility index (Phi) is 9.51. The minimum absolute atomic E-state index is 0.00329. The van der Waals surface area contributed by atoms with Crippen molar-refractivity contribution in [3.63, 3.8) is 0 Å². The predicted octanol–water partition coefficient (Wildman–Crippen LogP) is 6.56. The van der Waals surface area contributed by atoms with Crippen LogP contribution in [0.4, 0.5) is 18.9 Å². The van der Waals surface area contributed by atoms with Gasteiger partial charge in [-0.05, 0) is 41.4 Å². The van der Waals surface area contributed by atoms with E-state index < -0.39 is 35.8 Å². The normalized spacial score (nSPS) is 17.9. The van der Waals surface area contributed by atoms with E-state index in [0.29, 0.717) is 29.9 Å². The summed E-state index contributed by atoms with van der Waals surface area (Å²) in [5.74, 6) is -0.0427. The van der Waals surface area contributed by atoms with Crippen molar-refractivity contribution in [1.29, 1.82) is 0 Å². The lowest BCUT2D eigenvalue weighted by molar-refractivity contribution is -0.138. The highest BCUT2D eigenvalue weighted by Gasteiger charge is 2.53. The van der Waals surface area contributed by atoms with Crippen molar-refractivity contribution in [2.45, 2.75) is 37.2 Å². The van der Waals surface area contributed by atoms with Gasteiger partial charge in [-0.3, -0.25) is 4.79 Å². The lowest BCUT2D eigenvalue weighted by Gasteiger charge is -2.30. The Morgan fingerprint density at radius 3 is 2.57 bits per heavy atom. The number of halogens is 3. The Hall–Kier alpha value is -4.80. The van der Waals surface area contributed by atoms with Crippen LogP contribution in [0, 0.1) is 0 Å². The summed E-state index contributed by atoms with van der Waals surface area (Å²) in [6.07, 6.45) is -3.81. The van der Waals surface area contributed by atoms with Gasteiger partial charge in [0.25, 0.3) is 5.91 Å². The zero-order valence-corrected chi connectivity index (χ0v) is 22.4. The fraction of sp³-hybridized carbons (Fsp3) is 0.267. The number of alkyl halides is 3. The van der Waals surface area contributed by atoms with Crippen LogP contribution in [0.25, 0.3) is 10.4 Å². The van der Waals surface area contributed by atoms with Gasteiger partial charge >= 0.3 is 6.18 Å². The molecule has 0 aromatic heterocycles. The number of benzene rings is 3. The molecule has 3 aromatic rings. The number of hydrogen-bond donors (Lipinski definition) is 2. The molecule has 0 saturated heterocycles. The van der Waals surface area contributed by atoms with E-state index in [9.17, 15) is 18.0 Å². The van der Waals surface area contributed by atoms with Crippen LogP contribution in [0.1, 0.15) is 41.2 Å². The molecule has 1 heterocycles. The minimum atomic E-state index is -4.60. The Morgan fingerprint density at radius 1 is 1.17 bits per heavy atom. The van der Waals surface area contributed by atoms with Crippen molar-refractivity contribution in [3.05, 3.63) is 118 Å². The number of rotatable bonds is 12. The third kappa shape index (κ3) is 6.56. The predicted molar refractivity (Wildman–Crippen MR) is 150 cm³/mol. The highest BCUT2D eigenvalue weighted by atomic mass is 19.4. The van der Waals surface area contributed by atoms with Gasteiger partial charge in [0.1, 0.15) is 5.75 Å². The van der Waals surface area contributed by atoms with E-state index in [2.05, 4.69) is 21.9 Å². The van der Waals surface area contributed by atoms with Gasteiger partial charge in [0.05, 0.1) is 12.2 Å². The summed E-state index contributed by atoms with van der Waals surface area (Å²) in [5.41, 5.74) is 7.56. The van der Waals surface area contributed by atoms with Crippen LogP contribution in [0.15, 0.2) is 95.6 Å². The maximum atomic E-state index is 14.0. The van der Waals surface area contributed by atoms with Crippen LogP contribution in [0.5, 0.6) is 5.75 Å². The average molecular weight is 580 g/mol. The van der Waals surface area contributed by atoms with Gasteiger partial charge in [0, 0.05) is 47.7 Å². The quantitative estimate of drug-likeness (QED) is 0.0828. The Morgan fingerprint density at radius 2 is 1.88 bits per heavy atom. The SMILES string of the molecule is C=CC[C@@]1(C(=O)NCc2ccccc2C(F)(F)F)N=C(c2ccc(OCCCO)cc2)O[C@@H]1c1ccccc1N=[N+]=[N-]. The molecule has 42 heavy (non-hydrogen) atoms. The lowest BCUT2D eigenvalue weighted by atomic mass is 9.83. The minimum Gasteiger partial charge on any atom is -0.494 e. The first kappa shape index (κ1) is 30.2. The number of ether oxygens (including phenoxy) is 2. The second kappa shape index (κ2) is 13.2. The van der Waals surface area contributed by atoms with E-state index in [1.54, 1.807) is 48.5 Å². The van der Waals surface area contributed by atoms with Crippen molar-refractivity contribution >= 4 is 17.5 Å². The van der Waals surface area contributed by atoms with Crippen LogP contribution in [0.3, 0.4) is 0 Å². The number of azide groups is 1. The molecule has 1 amide bonds. The zero-order chi connectivity index (χ0) is 30.2. The highest BCUT2D eigenvalue weighted by molar-refractivity contribution is 6.01. The monoisotopic (exact) mass is 579 g/mol. The molecule has 1 aliphatic heterocycles. The number of carbonyl (C=O) groups is 1. The molecule has 2 N–H and O–H groups in total. The standard InChI is InChI=1S/C30H28F3N5O4/c1-2-16-29(28(40)35-19-21-8-3-5-10-24(21)30(31,32)33)26(23-9-4-6-11-25(23)37-38-34)42-27(36-29)20-12-14-22(15-13-20)41-18-7-17-39/h2-6,8-15,26,39H,1,7,16-19H2,(H,35,40)/t26-,29-/m1/s1. The molecule has 1 aliphatic rings. The van der Waals surface area contributed by atoms with Crippen molar-refractivity contribution in [1.82, 2.24) is 5.32 Å². The van der Waals surface area contributed by atoms with Crippen LogP contribution in [-0.4, -0.2) is 35.7 Å². The molecule has 9 nitrogen and oxygen atoms in total. The molecule has 0 fully saturated rings. The summed E-state index contributed by atoms with van der Waals surface area (Å²) >= 11 is 0. The van der Waals surface area contributed by atoms with Crippen LogP contribution in [-0.2, 0) is 22.3 Å². The first-order chi connectivity index (χ1) is 20.2. The zero-order valence-electron chi connectivity index (χ0n) is 22.4. The Labute approximate surface area is 239 Å². The van der Waals surface area contributed by atoms with E-state index in [-0.39, 0.29) is 30.2 Å². The molecule has 0 saturated carbocycles. The topological polar surface area (TPSA) is 129 Å². The summed E-state index contributed by atoms with van der Waals surface area (Å²) in [7, 11) is 0. The summed E-state index contributed by atoms with van der Waals surface area (Å²) in [6.45, 7) is 3.69. The van der Waals surface area contributed by atoms with Gasteiger partial charge in [-0.15, -0.1) is 6.58 Å². The summed E-state index contributed by atoms with van der Waals surface area (Å²) in [4.78, 5) is 21.5. The van der Waals surface area contributed by atoms with E-state index in [1.165, 1.54) is 24.3 Å². The Bertz CT molecular complexity index is 1500. The molecule has 12 heteroatoms. The maximum Gasteiger partial charge on any atom is 0.416 e. The molecule has 218 valence electrons. The van der Waals surface area contributed by atoms with E-state index in [1.807, 2.05) is 0 Å². The van der Waals surface area contributed by atoms with Crippen molar-refractivity contribution in [3.8, 4) is 5.75 Å². The first-order valence-electron chi connectivity index (χ1n) is 13.0. The summed E-state index contributed by atoms with van der Waals surface area (Å²) in [5, 5.41) is 15.3. The number of amides is 1. The van der Waals surface area contributed by atoms with E-state index >= 15 is 0 Å². The van der Waals surface area contributed by atoms with Gasteiger partial charge in [0.2, 0.25) is 5.90 Å². The number of aliphatic hydroxyl groups excluding tert-OH is 1. The van der Waals surface area contributed by atoms with Gasteiger partial charge < -0.3 is 19.9 Å². The van der Waals surface area contributed by atoms with Crippen molar-refractivity contribution < 1.29 is 32.5 Å². The summed E-state index contributed by atoms with van der Waals surface area (Å²) in [6, 6.07) is 18.3. The average Bonchev–Trinajstić information content (AvgIpc) is 3.37. The molecular formula is C30H28F3N5O4. The van der Waals surface area contributed by atoms with E-state index in [0.717, 1.165) is 6.07 Å². The molecule has 4 rings (SSSR count). The number of aliphatic hydroxyl groups is 1. The number of aliphatic imine (C=N–C) groups is 1. The second-order valence-corrected chi connectivity index (χ2v) is 9.37. The molecule has 0 aliphatic carbocycles. The molecular weight excluding hydrogens is 551 g/mol. The fourth-order valence-electron chi connectivity index (χ4n) is 4.64. The van der Waals surface area contributed by atoms with Crippen LogP contribution >= 0.6 is 0 Å². The van der Waals surface area contributed by atoms with Crippen LogP contribution < -0.4 is 10.1 Å². The van der Waals surface area contributed by atoms with Crippen LogP contribution in [0.2, 0.25) is 0 Å². The molecule has 2 atom stereocenters. The molecule has 0 bridgehead atoms. The number of hydrogen-bond acceptors (Lipinski definition) is 6. The molecule has 0 unspecified atom stereocenters. The number of nitrogens with zero attached hydrogens (tertiary/aromatic N) is 4. The summed E-state index contributed by atoms with van der Waals surface area (Å²) < 4.78 is 52.7. The lowest BCUT2D eigenvalue weighted by Crippen LogP contribution is -2.48. The third-order valence-electron chi connectivity index (χ3n) is 6.62. The molecule has 3 aromatic carbocycles. The number of nitrogens with one attached hydrogen (secondary N) is 1. The number of carbonyl (C=O) groups excluding carboxylic acids is 1. The Balaban J connectivity index is 1.74. The first-order valence-corrected chi connectivity index (χ1v) is 13.0. The van der Waals surface area contributed by atoms with Gasteiger partial charge in [0.15, 0.2) is 11.6 Å². The highest BCUT2D eigenvalue weighted by Crippen LogP contribution is 2.45. The van der Waals surface area contributed by atoms with Gasteiger partial charge in [-0.2, -0.15) is 13.2 Å². The van der Waals surface area contributed by atoms with Gasteiger partial charge in [-0.25, -0.2) is 4.99 Å². The smallest absolute Gasteiger partial charge is 0.416 e. The second-order valence-electron chi connectivity index (χ2n) is 9.37. The van der Waals surface area contributed by atoms with Crippen molar-refractivity contribution in [2.24, 2.45) is 10.1 Å². The third-order valence-corrected chi connectivity index (χ3v) is 6.62. The maximum absolute atomic E-state index is 14.0. The van der Waals surface area contributed by atoms with Gasteiger partial charge in [-0.1, -0.05) is 53.7 Å². The molecule has 0 radical (unpaired) electrons.